The van der Waals surface area contributed by atoms with Crippen molar-refractivity contribution in [2.75, 3.05) is 20.2 Å². The number of ether oxygens (including phenoxy) is 1. The summed E-state index contributed by atoms with van der Waals surface area (Å²) in [6.07, 6.45) is 4.41. The first-order valence-electron chi connectivity index (χ1n) is 6.38. The summed E-state index contributed by atoms with van der Waals surface area (Å²) >= 11 is 0. The number of pyridine rings is 1. The van der Waals surface area contributed by atoms with E-state index < -0.39 is 0 Å². The highest BCUT2D eigenvalue weighted by atomic mass is 16.5. The Bertz CT molecular complexity index is 424. The molecule has 0 aromatic carbocycles. The van der Waals surface area contributed by atoms with Crippen molar-refractivity contribution in [3.8, 4) is 5.75 Å². The normalized spacial score (nSPS) is 23.8. The van der Waals surface area contributed by atoms with Gasteiger partial charge in [-0.15, -0.1) is 0 Å². The molecular weight excluding hydrogens is 228 g/mol. The van der Waals surface area contributed by atoms with Gasteiger partial charge in [0.05, 0.1) is 18.9 Å². The molecule has 2 heterocycles. The van der Waals surface area contributed by atoms with Gasteiger partial charge in [0.2, 0.25) is 0 Å². The van der Waals surface area contributed by atoms with Crippen LogP contribution in [-0.4, -0.2) is 36.0 Å². The number of nitrogens with zero attached hydrogens (tertiary/aromatic N) is 2. The lowest BCUT2D eigenvalue weighted by Crippen LogP contribution is -2.42. The van der Waals surface area contributed by atoms with Crippen LogP contribution in [0.2, 0.25) is 0 Å². The van der Waals surface area contributed by atoms with E-state index in [4.69, 9.17) is 4.74 Å². The maximum atomic E-state index is 12.4. The minimum absolute atomic E-state index is 0.0554. The van der Waals surface area contributed by atoms with Gasteiger partial charge in [0.15, 0.2) is 0 Å². The third kappa shape index (κ3) is 2.81. The Balaban J connectivity index is 2.14. The van der Waals surface area contributed by atoms with Crippen molar-refractivity contribution in [3.63, 3.8) is 0 Å². The van der Waals surface area contributed by atoms with E-state index in [2.05, 4.69) is 18.8 Å². The highest BCUT2D eigenvalue weighted by Crippen LogP contribution is 2.23. The molecule has 1 amide bonds. The summed E-state index contributed by atoms with van der Waals surface area (Å²) in [4.78, 5) is 18.4. The molecule has 0 spiro atoms. The quantitative estimate of drug-likeness (QED) is 0.806. The minimum Gasteiger partial charge on any atom is -0.495 e. The summed E-state index contributed by atoms with van der Waals surface area (Å²) in [6.45, 7) is 6.06. The first kappa shape index (κ1) is 12.9. The van der Waals surface area contributed by atoms with Gasteiger partial charge in [0.25, 0.3) is 5.91 Å². The van der Waals surface area contributed by atoms with Crippen molar-refractivity contribution in [3.05, 3.63) is 24.0 Å². The number of hydrogen-bond donors (Lipinski definition) is 0. The number of amides is 1. The number of hydrogen-bond acceptors (Lipinski definition) is 3. The van der Waals surface area contributed by atoms with Crippen molar-refractivity contribution in [1.82, 2.24) is 9.88 Å². The molecule has 98 valence electrons. The molecule has 1 aliphatic heterocycles. The molecule has 0 saturated carbocycles. The van der Waals surface area contributed by atoms with E-state index in [0.29, 0.717) is 23.1 Å². The smallest absolute Gasteiger partial charge is 0.255 e. The van der Waals surface area contributed by atoms with Crippen LogP contribution in [0.25, 0.3) is 0 Å². The molecule has 4 nitrogen and oxygen atoms in total. The van der Waals surface area contributed by atoms with E-state index in [1.54, 1.807) is 25.6 Å². The lowest BCUT2D eigenvalue weighted by atomic mass is 9.91. The topological polar surface area (TPSA) is 42.4 Å². The van der Waals surface area contributed by atoms with Crippen LogP contribution >= 0.6 is 0 Å². The van der Waals surface area contributed by atoms with Crippen LogP contribution in [0.15, 0.2) is 18.5 Å². The van der Waals surface area contributed by atoms with E-state index >= 15 is 0 Å². The highest BCUT2D eigenvalue weighted by molar-refractivity contribution is 5.94. The predicted octanol–water partition coefficient (Wildman–Crippen LogP) is 2.21. The number of likely N-dealkylation sites (tertiary alicyclic amines) is 1. The summed E-state index contributed by atoms with van der Waals surface area (Å²) in [5, 5.41) is 0. The number of carbonyl (C=O) groups is 1. The Morgan fingerprint density at radius 2 is 2.00 bits per heavy atom. The van der Waals surface area contributed by atoms with Gasteiger partial charge < -0.3 is 9.64 Å². The molecule has 2 unspecified atom stereocenters. The van der Waals surface area contributed by atoms with Gasteiger partial charge in [0.1, 0.15) is 5.75 Å². The number of piperidine rings is 1. The lowest BCUT2D eigenvalue weighted by molar-refractivity contribution is 0.0622. The van der Waals surface area contributed by atoms with Crippen LogP contribution in [0.3, 0.4) is 0 Å². The Morgan fingerprint density at radius 1 is 1.33 bits per heavy atom. The fourth-order valence-electron chi connectivity index (χ4n) is 2.66. The van der Waals surface area contributed by atoms with E-state index in [0.717, 1.165) is 13.1 Å². The molecule has 1 saturated heterocycles. The highest BCUT2D eigenvalue weighted by Gasteiger charge is 2.26. The molecule has 0 radical (unpaired) electrons. The van der Waals surface area contributed by atoms with Crippen molar-refractivity contribution in [1.29, 1.82) is 0 Å². The average molecular weight is 248 g/mol. The van der Waals surface area contributed by atoms with Gasteiger partial charge in [-0.3, -0.25) is 9.78 Å². The van der Waals surface area contributed by atoms with Crippen molar-refractivity contribution < 1.29 is 9.53 Å². The number of carbonyl (C=O) groups excluding carboxylic acids is 1. The fraction of sp³-hybridized carbons (Fsp3) is 0.571. The van der Waals surface area contributed by atoms with Gasteiger partial charge in [-0.2, -0.15) is 0 Å². The van der Waals surface area contributed by atoms with Gasteiger partial charge in [0, 0.05) is 19.3 Å². The molecule has 2 atom stereocenters. The van der Waals surface area contributed by atoms with Crippen molar-refractivity contribution in [2.45, 2.75) is 20.3 Å². The Morgan fingerprint density at radius 3 is 2.61 bits per heavy atom. The van der Waals surface area contributed by atoms with Crippen LogP contribution in [-0.2, 0) is 0 Å². The number of methoxy groups -OCH3 is 1. The van der Waals surface area contributed by atoms with E-state index in [1.165, 1.54) is 6.42 Å². The zero-order valence-corrected chi connectivity index (χ0v) is 11.2. The van der Waals surface area contributed by atoms with Crippen LogP contribution in [0.4, 0.5) is 0 Å². The molecule has 1 aromatic rings. The summed E-state index contributed by atoms with van der Waals surface area (Å²) < 4.78 is 5.10. The van der Waals surface area contributed by atoms with Crippen LogP contribution in [0.1, 0.15) is 30.6 Å². The first-order chi connectivity index (χ1) is 8.60. The Labute approximate surface area is 108 Å². The lowest BCUT2D eigenvalue weighted by Gasteiger charge is -2.35. The summed E-state index contributed by atoms with van der Waals surface area (Å²) in [5.41, 5.74) is 0.607. The van der Waals surface area contributed by atoms with Crippen molar-refractivity contribution in [2.24, 2.45) is 11.8 Å². The zero-order chi connectivity index (χ0) is 13.1. The third-order valence-electron chi connectivity index (χ3n) is 3.35. The molecule has 1 fully saturated rings. The predicted molar refractivity (Wildman–Crippen MR) is 69.6 cm³/mol. The Kier molecular flexibility index (Phi) is 3.84. The second kappa shape index (κ2) is 5.38. The summed E-state index contributed by atoms with van der Waals surface area (Å²) in [6, 6.07) is 1.75. The maximum Gasteiger partial charge on any atom is 0.255 e. The Hall–Kier alpha value is -1.58. The summed E-state index contributed by atoms with van der Waals surface area (Å²) in [5.74, 6) is 1.81. The molecule has 2 rings (SSSR count). The SMILES string of the molecule is COc1cncc(C(=O)N2CC(C)CC(C)C2)c1. The molecular formula is C14H20N2O2. The van der Waals surface area contributed by atoms with E-state index in [-0.39, 0.29) is 5.91 Å². The largest absolute Gasteiger partial charge is 0.495 e. The van der Waals surface area contributed by atoms with Gasteiger partial charge in [-0.05, 0) is 24.3 Å². The van der Waals surface area contributed by atoms with Crippen LogP contribution in [0, 0.1) is 11.8 Å². The standard InChI is InChI=1S/C14H20N2O2/c1-10-4-11(2)9-16(8-10)14(17)12-5-13(18-3)7-15-6-12/h5-7,10-11H,4,8-9H2,1-3H3. The van der Waals surface area contributed by atoms with Gasteiger partial charge >= 0.3 is 0 Å². The molecule has 1 aromatic heterocycles. The average Bonchev–Trinajstić information content (AvgIpc) is 2.37. The summed E-state index contributed by atoms with van der Waals surface area (Å²) in [7, 11) is 1.58. The second-order valence-corrected chi connectivity index (χ2v) is 5.27. The molecule has 0 N–H and O–H groups in total. The molecule has 0 bridgehead atoms. The van der Waals surface area contributed by atoms with Crippen LogP contribution < -0.4 is 4.74 Å². The fourth-order valence-corrected chi connectivity index (χ4v) is 2.66. The first-order valence-corrected chi connectivity index (χ1v) is 6.38. The van der Waals surface area contributed by atoms with E-state index in [1.807, 2.05) is 4.90 Å². The minimum atomic E-state index is 0.0554. The van der Waals surface area contributed by atoms with E-state index in [9.17, 15) is 4.79 Å². The maximum absolute atomic E-state index is 12.4. The van der Waals surface area contributed by atoms with Gasteiger partial charge in [-0.1, -0.05) is 13.8 Å². The van der Waals surface area contributed by atoms with Crippen LogP contribution in [0.5, 0.6) is 5.75 Å². The molecule has 4 heteroatoms. The molecule has 1 aliphatic rings. The molecule has 0 aliphatic carbocycles. The molecule has 18 heavy (non-hydrogen) atoms. The zero-order valence-electron chi connectivity index (χ0n) is 11.2. The monoisotopic (exact) mass is 248 g/mol. The third-order valence-corrected chi connectivity index (χ3v) is 3.35. The number of rotatable bonds is 2. The van der Waals surface area contributed by atoms with Crippen molar-refractivity contribution >= 4 is 5.91 Å². The van der Waals surface area contributed by atoms with Gasteiger partial charge in [-0.25, -0.2) is 0 Å². The number of aromatic nitrogens is 1. The second-order valence-electron chi connectivity index (χ2n) is 5.27.